The van der Waals surface area contributed by atoms with Crippen molar-refractivity contribution < 1.29 is 18.3 Å². The van der Waals surface area contributed by atoms with Crippen LogP contribution in [0.2, 0.25) is 5.02 Å². The fourth-order valence-electron chi connectivity index (χ4n) is 1.96. The molecule has 0 aliphatic rings. The number of carboxylic acid groups (broad SMARTS) is 1. The maximum absolute atomic E-state index is 12.4. The van der Waals surface area contributed by atoms with Crippen LogP contribution in [0.25, 0.3) is 0 Å². The van der Waals surface area contributed by atoms with Gasteiger partial charge in [0.15, 0.2) is 0 Å². The fraction of sp³-hybridized carbons (Fsp3) is 0.133. The van der Waals surface area contributed by atoms with E-state index in [0.717, 1.165) is 5.56 Å². The molecule has 2 N–H and O–H groups in total. The summed E-state index contributed by atoms with van der Waals surface area (Å²) in [5.74, 6) is -1.26. The summed E-state index contributed by atoms with van der Waals surface area (Å²) in [5.41, 5.74) is 1.17. The molecule has 0 heterocycles. The van der Waals surface area contributed by atoms with E-state index in [1.165, 1.54) is 24.3 Å². The molecule has 0 radical (unpaired) electrons. The van der Waals surface area contributed by atoms with Gasteiger partial charge < -0.3 is 5.11 Å². The van der Waals surface area contributed by atoms with Crippen molar-refractivity contribution in [2.24, 2.45) is 0 Å². The molecule has 0 aliphatic heterocycles. The number of hydrogen-bond donors (Lipinski definition) is 2. The van der Waals surface area contributed by atoms with Crippen molar-refractivity contribution in [3.05, 3.63) is 58.1 Å². The summed E-state index contributed by atoms with van der Waals surface area (Å²) in [6.07, 6.45) is 0. The number of sulfonamides is 1. The molecule has 0 saturated carbocycles. The van der Waals surface area contributed by atoms with Crippen LogP contribution in [-0.2, 0) is 10.0 Å². The fourth-order valence-corrected chi connectivity index (χ4v) is 3.38. The van der Waals surface area contributed by atoms with Gasteiger partial charge in [-0.05, 0) is 43.7 Å². The molecule has 0 saturated heterocycles. The Kier molecular flexibility index (Phi) is 4.44. The normalized spacial score (nSPS) is 11.2. The summed E-state index contributed by atoms with van der Waals surface area (Å²) in [6.45, 7) is 3.43. The summed E-state index contributed by atoms with van der Waals surface area (Å²) in [6, 6.07) is 8.97. The largest absolute Gasteiger partial charge is 0.478 e. The standard InChI is InChI=1S/C15H14ClNO4S/c1-9-3-5-12(6-4-9)22(20,21)17-14-10(2)7-11(16)8-13(14)15(18)19/h3-8,17H,1-2H3,(H,18,19). The van der Waals surface area contributed by atoms with Crippen LogP contribution in [0.4, 0.5) is 5.69 Å². The summed E-state index contributed by atoms with van der Waals surface area (Å²) in [7, 11) is -3.88. The zero-order valence-corrected chi connectivity index (χ0v) is 13.5. The van der Waals surface area contributed by atoms with Gasteiger partial charge in [-0.3, -0.25) is 4.72 Å². The average molecular weight is 340 g/mol. The molecule has 0 spiro atoms. The van der Waals surface area contributed by atoms with Crippen LogP contribution in [0.3, 0.4) is 0 Å². The number of halogens is 1. The van der Waals surface area contributed by atoms with Gasteiger partial charge in [0, 0.05) is 5.02 Å². The lowest BCUT2D eigenvalue weighted by atomic mass is 10.1. The predicted molar refractivity (Wildman–Crippen MR) is 85.1 cm³/mol. The van der Waals surface area contributed by atoms with Gasteiger partial charge in [-0.1, -0.05) is 29.3 Å². The third-order valence-corrected chi connectivity index (χ3v) is 4.68. The van der Waals surface area contributed by atoms with Crippen molar-refractivity contribution in [3.63, 3.8) is 0 Å². The number of aromatic carboxylic acids is 1. The van der Waals surface area contributed by atoms with E-state index in [-0.39, 0.29) is 21.2 Å². The number of hydrogen-bond acceptors (Lipinski definition) is 3. The molecule has 2 rings (SSSR count). The minimum atomic E-state index is -3.88. The summed E-state index contributed by atoms with van der Waals surface area (Å²) < 4.78 is 27.1. The van der Waals surface area contributed by atoms with Crippen LogP contribution in [0.15, 0.2) is 41.3 Å². The van der Waals surface area contributed by atoms with Crippen LogP contribution in [0.5, 0.6) is 0 Å². The second kappa shape index (κ2) is 5.98. The molecule has 0 unspecified atom stereocenters. The second-order valence-corrected chi connectivity index (χ2v) is 6.99. The molecule has 0 fully saturated rings. The SMILES string of the molecule is Cc1ccc(S(=O)(=O)Nc2c(C)cc(Cl)cc2C(=O)O)cc1. The lowest BCUT2D eigenvalue weighted by Crippen LogP contribution is -2.16. The van der Waals surface area contributed by atoms with Gasteiger partial charge in [-0.25, -0.2) is 13.2 Å². The van der Waals surface area contributed by atoms with Crippen molar-refractivity contribution in [3.8, 4) is 0 Å². The van der Waals surface area contributed by atoms with Gasteiger partial charge in [0.25, 0.3) is 10.0 Å². The maximum Gasteiger partial charge on any atom is 0.337 e. The van der Waals surface area contributed by atoms with Crippen LogP contribution < -0.4 is 4.72 Å². The van der Waals surface area contributed by atoms with E-state index in [1.54, 1.807) is 19.1 Å². The minimum Gasteiger partial charge on any atom is -0.478 e. The summed E-state index contributed by atoms with van der Waals surface area (Å²) in [5, 5.41) is 9.45. The number of rotatable bonds is 4. The highest BCUT2D eigenvalue weighted by Gasteiger charge is 2.20. The van der Waals surface area contributed by atoms with E-state index in [2.05, 4.69) is 4.72 Å². The Morgan fingerprint density at radius 2 is 1.73 bits per heavy atom. The molecule has 116 valence electrons. The Morgan fingerprint density at radius 3 is 2.27 bits per heavy atom. The molecular formula is C15H14ClNO4S. The van der Waals surface area contributed by atoms with Gasteiger partial charge in [-0.2, -0.15) is 0 Å². The molecule has 0 atom stereocenters. The Morgan fingerprint density at radius 1 is 1.14 bits per heavy atom. The van der Waals surface area contributed by atoms with Gasteiger partial charge in [0.2, 0.25) is 0 Å². The van der Waals surface area contributed by atoms with E-state index in [0.29, 0.717) is 5.56 Å². The third-order valence-electron chi connectivity index (χ3n) is 3.10. The molecule has 2 aromatic rings. The van der Waals surface area contributed by atoms with E-state index < -0.39 is 16.0 Å². The highest BCUT2D eigenvalue weighted by molar-refractivity contribution is 7.92. The minimum absolute atomic E-state index is 0.0116. The highest BCUT2D eigenvalue weighted by atomic mass is 35.5. The van der Waals surface area contributed by atoms with Crippen molar-refractivity contribution in [1.29, 1.82) is 0 Å². The number of carboxylic acids is 1. The lowest BCUT2D eigenvalue weighted by Gasteiger charge is -2.14. The molecule has 0 bridgehead atoms. The van der Waals surface area contributed by atoms with Gasteiger partial charge in [0.1, 0.15) is 0 Å². The van der Waals surface area contributed by atoms with Crippen molar-refractivity contribution in [2.75, 3.05) is 4.72 Å². The highest BCUT2D eigenvalue weighted by Crippen LogP contribution is 2.28. The Bertz CT molecular complexity index is 829. The number of carbonyl (C=O) groups is 1. The number of benzene rings is 2. The van der Waals surface area contributed by atoms with E-state index in [4.69, 9.17) is 11.6 Å². The van der Waals surface area contributed by atoms with Gasteiger partial charge in [0.05, 0.1) is 16.1 Å². The first-order chi connectivity index (χ1) is 10.2. The zero-order valence-electron chi connectivity index (χ0n) is 11.9. The predicted octanol–water partition coefficient (Wildman–Crippen LogP) is 3.46. The monoisotopic (exact) mass is 339 g/mol. The Balaban J connectivity index is 2.50. The van der Waals surface area contributed by atoms with Crippen LogP contribution in [-0.4, -0.2) is 19.5 Å². The number of aryl methyl sites for hydroxylation is 2. The van der Waals surface area contributed by atoms with Gasteiger partial charge in [-0.15, -0.1) is 0 Å². The zero-order chi connectivity index (χ0) is 16.5. The van der Waals surface area contributed by atoms with E-state index in [9.17, 15) is 18.3 Å². The molecule has 0 amide bonds. The van der Waals surface area contributed by atoms with Crippen molar-refractivity contribution in [2.45, 2.75) is 18.7 Å². The maximum atomic E-state index is 12.4. The molecule has 7 heteroatoms. The van der Waals surface area contributed by atoms with Crippen LogP contribution in [0.1, 0.15) is 21.5 Å². The van der Waals surface area contributed by atoms with Crippen molar-refractivity contribution in [1.82, 2.24) is 0 Å². The van der Waals surface area contributed by atoms with E-state index in [1.807, 2.05) is 6.92 Å². The average Bonchev–Trinajstić information content (AvgIpc) is 2.41. The smallest absolute Gasteiger partial charge is 0.337 e. The first-order valence-electron chi connectivity index (χ1n) is 6.33. The number of anilines is 1. The molecule has 5 nitrogen and oxygen atoms in total. The lowest BCUT2D eigenvalue weighted by molar-refractivity contribution is 0.0698. The first-order valence-corrected chi connectivity index (χ1v) is 8.20. The molecule has 22 heavy (non-hydrogen) atoms. The topological polar surface area (TPSA) is 83.5 Å². The third kappa shape index (κ3) is 3.40. The van der Waals surface area contributed by atoms with Crippen molar-refractivity contribution >= 4 is 33.3 Å². The number of nitrogens with one attached hydrogen (secondary N) is 1. The molecule has 0 aliphatic carbocycles. The van der Waals surface area contributed by atoms with Gasteiger partial charge >= 0.3 is 5.97 Å². The molecule has 2 aromatic carbocycles. The van der Waals surface area contributed by atoms with Crippen LogP contribution in [0, 0.1) is 13.8 Å². The van der Waals surface area contributed by atoms with Crippen LogP contribution >= 0.6 is 11.6 Å². The first kappa shape index (κ1) is 16.3. The Labute approximate surface area is 133 Å². The Hall–Kier alpha value is -2.05. The summed E-state index contributed by atoms with van der Waals surface area (Å²) in [4.78, 5) is 11.4. The molecular weight excluding hydrogens is 326 g/mol. The second-order valence-electron chi connectivity index (χ2n) is 4.87. The summed E-state index contributed by atoms with van der Waals surface area (Å²) >= 11 is 5.83. The van der Waals surface area contributed by atoms with E-state index >= 15 is 0 Å². The quantitative estimate of drug-likeness (QED) is 0.893. The molecule has 0 aromatic heterocycles.